The normalized spacial score (nSPS) is 12.1. The molecule has 0 saturated heterocycles. The zero-order valence-electron chi connectivity index (χ0n) is 14.8. The Bertz CT molecular complexity index is 767. The van der Waals surface area contributed by atoms with E-state index in [4.69, 9.17) is 16.3 Å². The van der Waals surface area contributed by atoms with Gasteiger partial charge in [0.2, 0.25) is 5.91 Å². The fraction of sp³-hybridized carbons (Fsp3) is 0.316. The van der Waals surface area contributed by atoms with E-state index in [0.29, 0.717) is 17.3 Å². The van der Waals surface area contributed by atoms with E-state index in [1.165, 1.54) is 13.2 Å². The predicted octanol–water partition coefficient (Wildman–Crippen LogP) is 4.26. The molecular weight excluding hydrogens is 343 g/mol. The minimum Gasteiger partial charge on any atom is -0.494 e. The van der Waals surface area contributed by atoms with Crippen LogP contribution in [0.3, 0.4) is 0 Å². The fourth-order valence-electron chi connectivity index (χ4n) is 2.41. The molecule has 0 aliphatic rings. The number of likely N-dealkylation sites (N-methyl/N-ethyl adjacent to an activating group) is 1. The SMILES string of the molecule is COc1ccc(CN(C)[C@@H](C)C(=O)Nc2cccc(Cl)c2C)cc1F. The topological polar surface area (TPSA) is 41.6 Å². The molecule has 2 aromatic carbocycles. The Kier molecular flexibility index (Phi) is 6.39. The highest BCUT2D eigenvalue weighted by atomic mass is 35.5. The van der Waals surface area contributed by atoms with Gasteiger partial charge in [-0.2, -0.15) is 0 Å². The lowest BCUT2D eigenvalue weighted by molar-refractivity contribution is -0.120. The molecule has 0 spiro atoms. The average Bonchev–Trinajstić information content (AvgIpc) is 2.58. The maximum atomic E-state index is 13.8. The molecule has 6 heteroatoms. The molecule has 2 rings (SSSR count). The second-order valence-electron chi connectivity index (χ2n) is 5.96. The van der Waals surface area contributed by atoms with Gasteiger partial charge < -0.3 is 10.1 Å². The lowest BCUT2D eigenvalue weighted by Gasteiger charge is -2.24. The molecular formula is C19H22ClFN2O2. The maximum absolute atomic E-state index is 13.8. The van der Waals surface area contributed by atoms with Crippen LogP contribution < -0.4 is 10.1 Å². The number of nitrogens with one attached hydrogen (secondary N) is 1. The quantitative estimate of drug-likeness (QED) is 0.832. The third-order valence-corrected chi connectivity index (χ3v) is 4.62. The zero-order valence-corrected chi connectivity index (χ0v) is 15.5. The van der Waals surface area contributed by atoms with Crippen molar-refractivity contribution in [1.82, 2.24) is 4.90 Å². The van der Waals surface area contributed by atoms with Crippen molar-refractivity contribution in [3.05, 3.63) is 58.4 Å². The van der Waals surface area contributed by atoms with Gasteiger partial charge in [0.15, 0.2) is 11.6 Å². The number of anilines is 1. The van der Waals surface area contributed by atoms with Crippen molar-refractivity contribution < 1.29 is 13.9 Å². The van der Waals surface area contributed by atoms with Gasteiger partial charge in [0.25, 0.3) is 0 Å². The summed E-state index contributed by atoms with van der Waals surface area (Å²) < 4.78 is 18.7. The van der Waals surface area contributed by atoms with Crippen LogP contribution in [0.15, 0.2) is 36.4 Å². The molecule has 1 amide bonds. The standard InChI is InChI=1S/C19H22ClFN2O2/c1-12-15(20)6-5-7-17(12)22-19(24)13(2)23(3)11-14-8-9-18(25-4)16(21)10-14/h5-10,13H,11H2,1-4H3,(H,22,24)/t13-/m0/s1. The van der Waals surface area contributed by atoms with Crippen LogP contribution >= 0.6 is 11.6 Å². The summed E-state index contributed by atoms with van der Waals surface area (Å²) in [5, 5.41) is 3.49. The van der Waals surface area contributed by atoms with Gasteiger partial charge >= 0.3 is 0 Å². The van der Waals surface area contributed by atoms with Gasteiger partial charge in [-0.3, -0.25) is 9.69 Å². The van der Waals surface area contributed by atoms with Crippen molar-refractivity contribution in [1.29, 1.82) is 0 Å². The number of hydrogen-bond donors (Lipinski definition) is 1. The van der Waals surface area contributed by atoms with Crippen molar-refractivity contribution in [3.63, 3.8) is 0 Å². The van der Waals surface area contributed by atoms with Crippen LogP contribution in [-0.4, -0.2) is 31.0 Å². The van der Waals surface area contributed by atoms with E-state index in [0.717, 1.165) is 11.1 Å². The van der Waals surface area contributed by atoms with Gasteiger partial charge in [0.1, 0.15) is 0 Å². The van der Waals surface area contributed by atoms with Crippen molar-refractivity contribution >= 4 is 23.2 Å². The van der Waals surface area contributed by atoms with Gasteiger partial charge in [0, 0.05) is 17.3 Å². The summed E-state index contributed by atoms with van der Waals surface area (Å²) in [5.41, 5.74) is 2.28. The van der Waals surface area contributed by atoms with E-state index in [9.17, 15) is 9.18 Å². The van der Waals surface area contributed by atoms with Gasteiger partial charge in [0.05, 0.1) is 13.2 Å². The first-order chi connectivity index (χ1) is 11.8. The summed E-state index contributed by atoms with van der Waals surface area (Å²) in [6, 6.07) is 9.76. The van der Waals surface area contributed by atoms with E-state index in [-0.39, 0.29) is 11.7 Å². The number of halogens is 2. The second kappa shape index (κ2) is 8.32. The van der Waals surface area contributed by atoms with Crippen molar-refractivity contribution in [2.24, 2.45) is 0 Å². The highest BCUT2D eigenvalue weighted by molar-refractivity contribution is 6.31. The molecule has 0 aromatic heterocycles. The molecule has 0 saturated carbocycles. The Morgan fingerprint density at radius 1 is 1.36 bits per heavy atom. The number of carbonyl (C=O) groups excluding carboxylic acids is 1. The minimum absolute atomic E-state index is 0.151. The molecule has 0 radical (unpaired) electrons. The zero-order chi connectivity index (χ0) is 18.6. The number of methoxy groups -OCH3 is 1. The van der Waals surface area contributed by atoms with Crippen molar-refractivity contribution in [2.45, 2.75) is 26.4 Å². The Balaban J connectivity index is 2.03. The first kappa shape index (κ1) is 19.2. The molecule has 0 aliphatic heterocycles. The Hall–Kier alpha value is -2.11. The fourth-order valence-corrected chi connectivity index (χ4v) is 2.59. The first-order valence-corrected chi connectivity index (χ1v) is 8.30. The summed E-state index contributed by atoms with van der Waals surface area (Å²) >= 11 is 6.08. The molecule has 0 aliphatic carbocycles. The van der Waals surface area contributed by atoms with Gasteiger partial charge in [-0.05, 0) is 56.3 Å². The maximum Gasteiger partial charge on any atom is 0.241 e. The summed E-state index contributed by atoms with van der Waals surface area (Å²) in [6.07, 6.45) is 0. The summed E-state index contributed by atoms with van der Waals surface area (Å²) in [4.78, 5) is 14.3. The Morgan fingerprint density at radius 2 is 2.08 bits per heavy atom. The molecule has 134 valence electrons. The van der Waals surface area contributed by atoms with Crippen molar-refractivity contribution in [3.8, 4) is 5.75 Å². The molecule has 2 aromatic rings. The lowest BCUT2D eigenvalue weighted by Crippen LogP contribution is -2.39. The van der Waals surface area contributed by atoms with Crippen molar-refractivity contribution in [2.75, 3.05) is 19.5 Å². The van der Waals surface area contributed by atoms with E-state index in [1.54, 1.807) is 31.2 Å². The molecule has 1 N–H and O–H groups in total. The van der Waals surface area contributed by atoms with Gasteiger partial charge in [-0.15, -0.1) is 0 Å². The summed E-state index contributed by atoms with van der Waals surface area (Å²) in [6.45, 7) is 4.09. The summed E-state index contributed by atoms with van der Waals surface area (Å²) in [7, 11) is 3.24. The number of nitrogens with zero attached hydrogens (tertiary/aromatic N) is 1. The third-order valence-electron chi connectivity index (χ3n) is 4.21. The number of amides is 1. The van der Waals surface area contributed by atoms with Crippen LogP contribution in [0, 0.1) is 12.7 Å². The molecule has 1 atom stereocenters. The number of benzene rings is 2. The monoisotopic (exact) mass is 364 g/mol. The average molecular weight is 365 g/mol. The van der Waals surface area contributed by atoms with Crippen LogP contribution in [-0.2, 0) is 11.3 Å². The number of carbonyl (C=O) groups is 1. The van der Waals surface area contributed by atoms with Crippen LogP contribution in [0.5, 0.6) is 5.75 Å². The Labute approximate surface area is 152 Å². The highest BCUT2D eigenvalue weighted by Gasteiger charge is 2.19. The lowest BCUT2D eigenvalue weighted by atomic mass is 10.1. The van der Waals surface area contributed by atoms with Crippen LogP contribution in [0.2, 0.25) is 5.02 Å². The highest BCUT2D eigenvalue weighted by Crippen LogP contribution is 2.23. The summed E-state index contributed by atoms with van der Waals surface area (Å²) in [5.74, 6) is -0.365. The molecule has 0 unspecified atom stereocenters. The number of rotatable bonds is 6. The second-order valence-corrected chi connectivity index (χ2v) is 6.37. The molecule has 0 fully saturated rings. The Morgan fingerprint density at radius 3 is 2.72 bits per heavy atom. The third kappa shape index (κ3) is 4.71. The van der Waals surface area contributed by atoms with E-state index >= 15 is 0 Å². The van der Waals surface area contributed by atoms with E-state index in [1.807, 2.05) is 24.9 Å². The number of hydrogen-bond acceptors (Lipinski definition) is 3. The first-order valence-electron chi connectivity index (χ1n) is 7.92. The van der Waals surface area contributed by atoms with Gasteiger partial charge in [-0.1, -0.05) is 23.7 Å². The van der Waals surface area contributed by atoms with Crippen LogP contribution in [0.1, 0.15) is 18.1 Å². The minimum atomic E-state index is -0.417. The largest absolute Gasteiger partial charge is 0.494 e. The predicted molar refractivity (Wildman–Crippen MR) is 98.7 cm³/mol. The van der Waals surface area contributed by atoms with Crippen LogP contribution in [0.25, 0.3) is 0 Å². The van der Waals surface area contributed by atoms with E-state index in [2.05, 4.69) is 5.32 Å². The van der Waals surface area contributed by atoms with Crippen LogP contribution in [0.4, 0.5) is 10.1 Å². The molecule has 25 heavy (non-hydrogen) atoms. The molecule has 0 bridgehead atoms. The number of ether oxygens (including phenoxy) is 1. The molecule has 0 heterocycles. The van der Waals surface area contributed by atoms with E-state index < -0.39 is 11.9 Å². The molecule has 4 nitrogen and oxygen atoms in total. The smallest absolute Gasteiger partial charge is 0.241 e. The van der Waals surface area contributed by atoms with Gasteiger partial charge in [-0.25, -0.2) is 4.39 Å².